The van der Waals surface area contributed by atoms with Crippen LogP contribution in [0.1, 0.15) is 25.8 Å². The van der Waals surface area contributed by atoms with Crippen molar-refractivity contribution >= 4 is 40.8 Å². The Morgan fingerprint density at radius 1 is 1.15 bits per heavy atom. The summed E-state index contributed by atoms with van der Waals surface area (Å²) >= 11 is 4.72. The van der Waals surface area contributed by atoms with E-state index < -0.39 is 0 Å². The Morgan fingerprint density at radius 3 is 2.41 bits per heavy atom. The topological polar surface area (TPSA) is 55.3 Å². The molecule has 146 valence electrons. The van der Waals surface area contributed by atoms with Crippen LogP contribution in [0.3, 0.4) is 0 Å². The lowest BCUT2D eigenvalue weighted by Gasteiger charge is -2.34. The molecule has 1 aliphatic heterocycles. The highest BCUT2D eigenvalue weighted by Gasteiger charge is 2.25. The first-order valence-corrected chi connectivity index (χ1v) is 11.8. The number of carbonyl (C=O) groups excluding carboxylic acids is 1. The van der Waals surface area contributed by atoms with E-state index in [1.54, 1.807) is 30.2 Å². The Morgan fingerprint density at radius 2 is 1.78 bits per heavy atom. The third-order valence-corrected chi connectivity index (χ3v) is 7.70. The predicted molar refractivity (Wildman–Crippen MR) is 113 cm³/mol. The van der Waals surface area contributed by atoms with Gasteiger partial charge >= 0.3 is 0 Å². The number of benzene rings is 1. The van der Waals surface area contributed by atoms with Crippen molar-refractivity contribution in [3.8, 4) is 5.75 Å². The van der Waals surface area contributed by atoms with E-state index in [1.807, 2.05) is 17.0 Å². The highest BCUT2D eigenvalue weighted by atomic mass is 32.2. The molecular formula is C19H25N3O2S3. The zero-order valence-corrected chi connectivity index (χ0v) is 18.3. The smallest absolute Gasteiger partial charge is 0.233 e. The summed E-state index contributed by atoms with van der Waals surface area (Å²) in [6, 6.07) is 8.04. The van der Waals surface area contributed by atoms with Gasteiger partial charge in [-0.3, -0.25) is 4.79 Å². The van der Waals surface area contributed by atoms with E-state index in [4.69, 9.17) is 4.74 Å². The minimum atomic E-state index is 0.209. The summed E-state index contributed by atoms with van der Waals surface area (Å²) in [4.78, 5) is 14.5. The molecule has 2 heterocycles. The molecule has 1 saturated heterocycles. The van der Waals surface area contributed by atoms with E-state index in [0.717, 1.165) is 33.3 Å². The molecule has 1 fully saturated rings. The van der Waals surface area contributed by atoms with Crippen LogP contribution >= 0.6 is 34.9 Å². The predicted octanol–water partition coefficient (Wildman–Crippen LogP) is 4.44. The van der Waals surface area contributed by atoms with Gasteiger partial charge < -0.3 is 9.64 Å². The minimum absolute atomic E-state index is 0.209. The molecular weight excluding hydrogens is 398 g/mol. The SMILES string of the molecule is COc1ccc(CSc2nnc(SCC(=O)N3C[C@@H](C)C[C@H](C)C3)s2)cc1. The van der Waals surface area contributed by atoms with Gasteiger partial charge in [-0.25, -0.2) is 0 Å². The molecule has 0 spiro atoms. The second-order valence-corrected chi connectivity index (χ2v) is 10.4. The number of amides is 1. The number of methoxy groups -OCH3 is 1. The van der Waals surface area contributed by atoms with E-state index in [2.05, 4.69) is 36.2 Å². The van der Waals surface area contributed by atoms with Gasteiger partial charge in [0.15, 0.2) is 8.68 Å². The molecule has 1 aromatic carbocycles. The fourth-order valence-corrected chi connectivity index (χ4v) is 6.14. The van der Waals surface area contributed by atoms with E-state index >= 15 is 0 Å². The van der Waals surface area contributed by atoms with Crippen LogP contribution in [0.2, 0.25) is 0 Å². The standard InChI is InChI=1S/C19H25N3O2S3/c1-13-8-14(2)10-22(9-13)17(23)12-26-19-21-20-18(27-19)25-11-15-4-6-16(24-3)7-5-15/h4-7,13-14H,8-12H2,1-3H3/t13-,14-/m0/s1. The lowest BCUT2D eigenvalue weighted by Crippen LogP contribution is -2.43. The zero-order chi connectivity index (χ0) is 19.2. The first kappa shape index (κ1) is 20.5. The lowest BCUT2D eigenvalue weighted by atomic mass is 9.92. The molecule has 2 aromatic rings. The highest BCUT2D eigenvalue weighted by Crippen LogP contribution is 2.31. The Bertz CT molecular complexity index is 741. The van der Waals surface area contributed by atoms with Crippen molar-refractivity contribution < 1.29 is 9.53 Å². The van der Waals surface area contributed by atoms with Crippen LogP contribution in [0.25, 0.3) is 0 Å². The number of hydrogen-bond donors (Lipinski definition) is 0. The van der Waals surface area contributed by atoms with E-state index in [0.29, 0.717) is 17.6 Å². The summed E-state index contributed by atoms with van der Waals surface area (Å²) in [5.41, 5.74) is 1.22. The number of nitrogens with zero attached hydrogens (tertiary/aromatic N) is 3. The van der Waals surface area contributed by atoms with E-state index in [9.17, 15) is 4.79 Å². The molecule has 0 aliphatic carbocycles. The second-order valence-electron chi connectivity index (χ2n) is 7.00. The van der Waals surface area contributed by atoms with Crippen LogP contribution in [-0.4, -0.2) is 47.0 Å². The number of rotatable bonds is 7. The van der Waals surface area contributed by atoms with Gasteiger partial charge in [0.2, 0.25) is 5.91 Å². The van der Waals surface area contributed by atoms with Crippen LogP contribution in [0, 0.1) is 11.8 Å². The van der Waals surface area contributed by atoms with Crippen LogP contribution < -0.4 is 4.74 Å². The number of carbonyl (C=O) groups is 1. The number of piperidine rings is 1. The number of hydrogen-bond acceptors (Lipinski definition) is 7. The Balaban J connectivity index is 1.45. The molecule has 0 saturated carbocycles. The minimum Gasteiger partial charge on any atom is -0.497 e. The zero-order valence-electron chi connectivity index (χ0n) is 15.9. The van der Waals surface area contributed by atoms with Gasteiger partial charge in [-0.2, -0.15) is 0 Å². The molecule has 1 aromatic heterocycles. The van der Waals surface area contributed by atoms with Crippen molar-refractivity contribution in [1.82, 2.24) is 15.1 Å². The summed E-state index contributed by atoms with van der Waals surface area (Å²) in [6.07, 6.45) is 1.21. The number of aromatic nitrogens is 2. The number of ether oxygens (including phenoxy) is 1. The third kappa shape index (κ3) is 6.12. The second kappa shape index (κ2) is 9.80. The third-order valence-electron chi connectivity index (χ3n) is 4.45. The summed E-state index contributed by atoms with van der Waals surface area (Å²) in [6.45, 7) is 6.20. The highest BCUT2D eigenvalue weighted by molar-refractivity contribution is 8.03. The Labute approximate surface area is 173 Å². The normalized spacial score (nSPS) is 19.9. The average Bonchev–Trinajstić information content (AvgIpc) is 3.12. The number of thioether (sulfide) groups is 2. The van der Waals surface area contributed by atoms with Crippen molar-refractivity contribution in [1.29, 1.82) is 0 Å². The van der Waals surface area contributed by atoms with Crippen molar-refractivity contribution in [3.05, 3.63) is 29.8 Å². The Hall–Kier alpha value is -1.25. The van der Waals surface area contributed by atoms with Gasteiger partial charge in [0.05, 0.1) is 12.9 Å². The molecule has 5 nitrogen and oxygen atoms in total. The summed E-state index contributed by atoms with van der Waals surface area (Å²) in [7, 11) is 1.67. The summed E-state index contributed by atoms with van der Waals surface area (Å²) in [5, 5.41) is 8.46. The Kier molecular flexibility index (Phi) is 7.43. The molecule has 0 radical (unpaired) electrons. The summed E-state index contributed by atoms with van der Waals surface area (Å²) < 4.78 is 6.97. The molecule has 0 N–H and O–H groups in total. The van der Waals surface area contributed by atoms with E-state index in [-0.39, 0.29) is 5.91 Å². The quantitative estimate of drug-likeness (QED) is 0.614. The molecule has 1 aliphatic rings. The fraction of sp³-hybridized carbons (Fsp3) is 0.526. The van der Waals surface area contributed by atoms with Gasteiger partial charge in [-0.1, -0.05) is 60.8 Å². The largest absolute Gasteiger partial charge is 0.497 e. The van der Waals surface area contributed by atoms with Gasteiger partial charge in [0.25, 0.3) is 0 Å². The molecule has 8 heteroatoms. The van der Waals surface area contributed by atoms with Gasteiger partial charge in [0, 0.05) is 18.8 Å². The van der Waals surface area contributed by atoms with Crippen LogP contribution in [0.5, 0.6) is 5.75 Å². The molecule has 27 heavy (non-hydrogen) atoms. The van der Waals surface area contributed by atoms with Crippen molar-refractivity contribution in [2.75, 3.05) is 26.0 Å². The van der Waals surface area contributed by atoms with Crippen LogP contribution in [0.4, 0.5) is 0 Å². The summed E-state index contributed by atoms with van der Waals surface area (Å²) in [5.74, 6) is 3.53. The number of likely N-dealkylation sites (tertiary alicyclic amines) is 1. The lowest BCUT2D eigenvalue weighted by molar-refractivity contribution is -0.130. The molecule has 3 rings (SSSR count). The monoisotopic (exact) mass is 423 g/mol. The molecule has 0 bridgehead atoms. The molecule has 0 unspecified atom stereocenters. The first-order chi connectivity index (χ1) is 13.0. The van der Waals surface area contributed by atoms with Crippen molar-refractivity contribution in [2.45, 2.75) is 34.7 Å². The van der Waals surface area contributed by atoms with Gasteiger partial charge in [-0.15, -0.1) is 10.2 Å². The van der Waals surface area contributed by atoms with Crippen LogP contribution in [-0.2, 0) is 10.5 Å². The molecule has 2 atom stereocenters. The maximum atomic E-state index is 12.5. The van der Waals surface area contributed by atoms with Crippen LogP contribution in [0.15, 0.2) is 32.9 Å². The molecule has 1 amide bonds. The first-order valence-electron chi connectivity index (χ1n) is 9.03. The van der Waals surface area contributed by atoms with Crippen molar-refractivity contribution in [2.24, 2.45) is 11.8 Å². The van der Waals surface area contributed by atoms with E-state index in [1.165, 1.54) is 23.7 Å². The van der Waals surface area contributed by atoms with Crippen molar-refractivity contribution in [3.63, 3.8) is 0 Å². The maximum Gasteiger partial charge on any atom is 0.233 e. The van der Waals surface area contributed by atoms with Gasteiger partial charge in [0.1, 0.15) is 5.75 Å². The maximum absolute atomic E-state index is 12.5. The van der Waals surface area contributed by atoms with Gasteiger partial charge in [-0.05, 0) is 36.0 Å². The average molecular weight is 424 g/mol. The fourth-order valence-electron chi connectivity index (χ4n) is 3.26.